The molecule has 4 nitrogen and oxygen atoms in total. The van der Waals surface area contributed by atoms with Gasteiger partial charge in [0, 0.05) is 12.0 Å². The van der Waals surface area contributed by atoms with E-state index >= 15 is 0 Å². The van der Waals surface area contributed by atoms with Gasteiger partial charge in [-0.3, -0.25) is 4.79 Å². The Labute approximate surface area is 143 Å². The molecule has 0 fully saturated rings. The standard InChI is InChI=1S/C20H16FNO3/c21-15-10-8-13(9-11-15)12-18(20(24)25)22-19(23)17-7-3-5-14-4-1-2-6-16(14)17/h1-11,18H,12H2,(H,22,23)(H,24,25)/t18-/m0/s1. The molecule has 0 aliphatic carbocycles. The molecule has 0 radical (unpaired) electrons. The lowest BCUT2D eigenvalue weighted by molar-refractivity contribution is -0.139. The Morgan fingerprint density at radius 1 is 0.960 bits per heavy atom. The summed E-state index contributed by atoms with van der Waals surface area (Å²) >= 11 is 0. The minimum Gasteiger partial charge on any atom is -0.480 e. The molecule has 5 heteroatoms. The van der Waals surface area contributed by atoms with Crippen molar-refractivity contribution in [2.45, 2.75) is 12.5 Å². The number of carbonyl (C=O) groups is 2. The number of fused-ring (bicyclic) bond motifs is 1. The monoisotopic (exact) mass is 337 g/mol. The van der Waals surface area contributed by atoms with Crippen LogP contribution in [0.25, 0.3) is 10.8 Å². The number of carbonyl (C=O) groups excluding carboxylic acids is 1. The largest absolute Gasteiger partial charge is 0.480 e. The minimum atomic E-state index is -1.14. The zero-order chi connectivity index (χ0) is 17.8. The van der Waals surface area contributed by atoms with Crippen molar-refractivity contribution in [2.24, 2.45) is 0 Å². The normalized spacial score (nSPS) is 11.9. The van der Waals surface area contributed by atoms with E-state index in [-0.39, 0.29) is 6.42 Å². The molecular weight excluding hydrogens is 321 g/mol. The number of aliphatic carboxylic acids is 1. The average molecular weight is 337 g/mol. The van der Waals surface area contributed by atoms with Gasteiger partial charge in [0.25, 0.3) is 5.91 Å². The molecule has 0 spiro atoms. The Bertz CT molecular complexity index is 916. The van der Waals surface area contributed by atoms with E-state index in [2.05, 4.69) is 5.32 Å². The van der Waals surface area contributed by atoms with Crippen LogP contribution in [0.4, 0.5) is 4.39 Å². The summed E-state index contributed by atoms with van der Waals surface area (Å²) in [5.41, 5.74) is 1.05. The zero-order valence-corrected chi connectivity index (χ0v) is 13.3. The quantitative estimate of drug-likeness (QED) is 0.750. The number of benzene rings is 3. The maximum absolute atomic E-state index is 13.0. The van der Waals surface area contributed by atoms with Gasteiger partial charge in [0.15, 0.2) is 0 Å². The molecular formula is C20H16FNO3. The fourth-order valence-electron chi connectivity index (χ4n) is 2.72. The third kappa shape index (κ3) is 3.83. The third-order valence-electron chi connectivity index (χ3n) is 3.99. The molecule has 3 aromatic rings. The van der Waals surface area contributed by atoms with Crippen molar-refractivity contribution >= 4 is 22.6 Å². The molecule has 3 aromatic carbocycles. The second-order valence-corrected chi connectivity index (χ2v) is 5.72. The van der Waals surface area contributed by atoms with Gasteiger partial charge < -0.3 is 10.4 Å². The van der Waals surface area contributed by atoms with Gasteiger partial charge in [-0.05, 0) is 34.5 Å². The van der Waals surface area contributed by atoms with E-state index in [4.69, 9.17) is 0 Å². The topological polar surface area (TPSA) is 66.4 Å². The van der Waals surface area contributed by atoms with Crippen LogP contribution in [0.15, 0.2) is 66.7 Å². The molecule has 0 bridgehead atoms. The predicted octanol–water partition coefficient (Wildman–Crippen LogP) is 3.40. The van der Waals surface area contributed by atoms with Crippen LogP contribution >= 0.6 is 0 Å². The summed E-state index contributed by atoms with van der Waals surface area (Å²) in [6.07, 6.45) is 0.0755. The Balaban J connectivity index is 1.83. The summed E-state index contributed by atoms with van der Waals surface area (Å²) in [4.78, 5) is 24.1. The smallest absolute Gasteiger partial charge is 0.326 e. The van der Waals surface area contributed by atoms with E-state index in [1.807, 2.05) is 30.3 Å². The summed E-state index contributed by atoms with van der Waals surface area (Å²) in [5.74, 6) is -1.99. The van der Waals surface area contributed by atoms with Crippen LogP contribution in [0, 0.1) is 5.82 Å². The van der Waals surface area contributed by atoms with Gasteiger partial charge in [0.1, 0.15) is 11.9 Å². The van der Waals surface area contributed by atoms with Crippen molar-refractivity contribution < 1.29 is 19.1 Å². The molecule has 0 aliphatic heterocycles. The summed E-state index contributed by atoms with van der Waals surface area (Å²) < 4.78 is 13.0. The number of rotatable bonds is 5. The Morgan fingerprint density at radius 3 is 2.36 bits per heavy atom. The van der Waals surface area contributed by atoms with Crippen LogP contribution in [-0.2, 0) is 11.2 Å². The number of hydrogen-bond acceptors (Lipinski definition) is 2. The van der Waals surface area contributed by atoms with Crippen molar-refractivity contribution in [3.8, 4) is 0 Å². The number of hydrogen-bond donors (Lipinski definition) is 2. The zero-order valence-electron chi connectivity index (χ0n) is 13.3. The van der Waals surface area contributed by atoms with Crippen LogP contribution in [0.3, 0.4) is 0 Å². The van der Waals surface area contributed by atoms with E-state index in [1.165, 1.54) is 24.3 Å². The van der Waals surface area contributed by atoms with Crippen molar-refractivity contribution in [2.75, 3.05) is 0 Å². The molecule has 0 unspecified atom stereocenters. The highest BCUT2D eigenvalue weighted by Gasteiger charge is 2.22. The van der Waals surface area contributed by atoms with E-state index in [1.54, 1.807) is 12.1 Å². The van der Waals surface area contributed by atoms with E-state index < -0.39 is 23.7 Å². The summed E-state index contributed by atoms with van der Waals surface area (Å²) in [7, 11) is 0. The molecule has 0 saturated heterocycles. The third-order valence-corrected chi connectivity index (χ3v) is 3.99. The number of amides is 1. The molecule has 25 heavy (non-hydrogen) atoms. The second kappa shape index (κ2) is 7.13. The number of carboxylic acid groups (broad SMARTS) is 1. The number of halogens is 1. The van der Waals surface area contributed by atoms with Crippen LogP contribution in [-0.4, -0.2) is 23.0 Å². The van der Waals surface area contributed by atoms with Gasteiger partial charge in [-0.25, -0.2) is 9.18 Å². The summed E-state index contributed by atoms with van der Waals surface area (Å²) in [6, 6.07) is 17.2. The lowest BCUT2D eigenvalue weighted by Crippen LogP contribution is -2.42. The maximum Gasteiger partial charge on any atom is 0.326 e. The summed E-state index contributed by atoms with van der Waals surface area (Å²) in [5, 5.41) is 13.6. The van der Waals surface area contributed by atoms with Gasteiger partial charge in [-0.15, -0.1) is 0 Å². The van der Waals surface area contributed by atoms with Crippen LogP contribution in [0.2, 0.25) is 0 Å². The van der Waals surface area contributed by atoms with Crippen LogP contribution < -0.4 is 5.32 Å². The Hall–Kier alpha value is -3.21. The van der Waals surface area contributed by atoms with Crippen molar-refractivity contribution in [1.82, 2.24) is 5.32 Å². The summed E-state index contributed by atoms with van der Waals surface area (Å²) in [6.45, 7) is 0. The van der Waals surface area contributed by atoms with Gasteiger partial charge >= 0.3 is 5.97 Å². The van der Waals surface area contributed by atoms with Gasteiger partial charge in [-0.2, -0.15) is 0 Å². The van der Waals surface area contributed by atoms with E-state index in [9.17, 15) is 19.1 Å². The van der Waals surface area contributed by atoms with Crippen LogP contribution in [0.1, 0.15) is 15.9 Å². The molecule has 3 rings (SSSR count). The minimum absolute atomic E-state index is 0.0755. The second-order valence-electron chi connectivity index (χ2n) is 5.72. The molecule has 1 amide bonds. The first-order valence-corrected chi connectivity index (χ1v) is 7.80. The fourth-order valence-corrected chi connectivity index (χ4v) is 2.72. The molecule has 2 N–H and O–H groups in total. The fraction of sp³-hybridized carbons (Fsp3) is 0.100. The highest BCUT2D eigenvalue weighted by Crippen LogP contribution is 2.18. The van der Waals surface area contributed by atoms with Gasteiger partial charge in [0.05, 0.1) is 0 Å². The molecule has 0 saturated carbocycles. The first-order chi connectivity index (χ1) is 12.0. The Morgan fingerprint density at radius 2 is 1.64 bits per heavy atom. The van der Waals surface area contributed by atoms with E-state index in [0.29, 0.717) is 11.1 Å². The number of carboxylic acids is 1. The van der Waals surface area contributed by atoms with Crippen molar-refractivity contribution in [3.05, 3.63) is 83.7 Å². The maximum atomic E-state index is 13.0. The molecule has 0 heterocycles. The first kappa shape index (κ1) is 16.6. The molecule has 1 atom stereocenters. The predicted molar refractivity (Wildman–Crippen MR) is 92.9 cm³/mol. The Kier molecular flexibility index (Phi) is 4.75. The van der Waals surface area contributed by atoms with Crippen molar-refractivity contribution in [1.29, 1.82) is 0 Å². The van der Waals surface area contributed by atoms with Crippen LogP contribution in [0.5, 0.6) is 0 Å². The average Bonchev–Trinajstić information content (AvgIpc) is 2.62. The molecule has 0 aliphatic rings. The molecule has 126 valence electrons. The van der Waals surface area contributed by atoms with Gasteiger partial charge in [-0.1, -0.05) is 48.5 Å². The number of nitrogens with one attached hydrogen (secondary N) is 1. The first-order valence-electron chi connectivity index (χ1n) is 7.80. The lowest BCUT2D eigenvalue weighted by Gasteiger charge is -2.15. The molecule has 0 aromatic heterocycles. The van der Waals surface area contributed by atoms with Gasteiger partial charge in [0.2, 0.25) is 0 Å². The SMILES string of the molecule is O=C(N[C@@H](Cc1ccc(F)cc1)C(=O)O)c1cccc2ccccc12. The van der Waals surface area contributed by atoms with E-state index in [0.717, 1.165) is 10.8 Å². The highest BCUT2D eigenvalue weighted by molar-refractivity contribution is 6.07. The van der Waals surface area contributed by atoms with Crippen molar-refractivity contribution in [3.63, 3.8) is 0 Å². The lowest BCUT2D eigenvalue weighted by atomic mass is 10.0. The highest BCUT2D eigenvalue weighted by atomic mass is 19.1.